The lowest BCUT2D eigenvalue weighted by Crippen LogP contribution is -2.46. The average Bonchev–Trinajstić information content (AvgIpc) is 3.28. The Morgan fingerprint density at radius 2 is 0.762 bits per heavy atom. The fourth-order valence-electron chi connectivity index (χ4n) is 8.72. The lowest BCUT2D eigenvalue weighted by atomic mass is 10.0. The second-order valence-electron chi connectivity index (χ2n) is 19.3. The van der Waals surface area contributed by atoms with Gasteiger partial charge in [0, 0.05) is 6.42 Å². The van der Waals surface area contributed by atoms with Gasteiger partial charge in [-0.15, -0.1) is 0 Å². The van der Waals surface area contributed by atoms with Crippen molar-refractivity contribution < 1.29 is 24.5 Å². The van der Waals surface area contributed by atoms with Gasteiger partial charge in [0.1, 0.15) is 6.10 Å². The third-order valence-corrected chi connectivity index (χ3v) is 13.0. The van der Waals surface area contributed by atoms with E-state index in [0.29, 0.717) is 19.3 Å². The van der Waals surface area contributed by atoms with E-state index in [1.807, 2.05) is 0 Å². The Bertz CT molecular complexity index is 997. The predicted octanol–water partition coefficient (Wildman–Crippen LogP) is 17.1. The van der Waals surface area contributed by atoms with Crippen LogP contribution in [0.2, 0.25) is 0 Å². The molecule has 0 rings (SSSR count). The van der Waals surface area contributed by atoms with Crippen LogP contribution in [0.1, 0.15) is 303 Å². The van der Waals surface area contributed by atoms with E-state index in [2.05, 4.69) is 50.4 Å². The van der Waals surface area contributed by atoms with Crippen molar-refractivity contribution in [2.75, 3.05) is 6.61 Å². The van der Waals surface area contributed by atoms with Gasteiger partial charge in [0.15, 0.2) is 0 Å². The minimum atomic E-state index is -0.787. The molecule has 1 amide bonds. The third-order valence-electron chi connectivity index (χ3n) is 13.0. The van der Waals surface area contributed by atoms with Crippen LogP contribution in [0.15, 0.2) is 24.3 Å². The van der Waals surface area contributed by atoms with Gasteiger partial charge in [0.2, 0.25) is 5.91 Å². The van der Waals surface area contributed by atoms with E-state index >= 15 is 0 Å². The topological polar surface area (TPSA) is 95.9 Å². The van der Waals surface area contributed by atoms with Crippen LogP contribution < -0.4 is 5.32 Å². The fraction of sp³-hybridized carbons (Fsp3) is 0.895. The maximum absolute atomic E-state index is 13.2. The first kappa shape index (κ1) is 61.3. The molecule has 0 aromatic carbocycles. The highest BCUT2D eigenvalue weighted by molar-refractivity contribution is 5.77. The zero-order valence-electron chi connectivity index (χ0n) is 42.5. The van der Waals surface area contributed by atoms with Crippen LogP contribution in [0.5, 0.6) is 0 Å². The lowest BCUT2D eigenvalue weighted by Gasteiger charge is -2.24. The molecular formula is C57H109NO5. The summed E-state index contributed by atoms with van der Waals surface area (Å²) in [6.07, 6.45) is 59.7. The molecule has 0 aromatic heterocycles. The molecule has 0 bridgehead atoms. The summed E-state index contributed by atoms with van der Waals surface area (Å²) in [5.74, 6) is -0.477. The Morgan fingerprint density at radius 3 is 1.14 bits per heavy atom. The van der Waals surface area contributed by atoms with E-state index in [0.717, 1.165) is 64.2 Å². The normalized spacial score (nSPS) is 13.3. The first-order chi connectivity index (χ1) is 31.0. The van der Waals surface area contributed by atoms with E-state index in [1.54, 1.807) is 0 Å². The number of ether oxygens (including phenoxy) is 1. The number of amides is 1. The fourth-order valence-corrected chi connectivity index (χ4v) is 8.72. The van der Waals surface area contributed by atoms with Crippen molar-refractivity contribution in [1.29, 1.82) is 0 Å². The van der Waals surface area contributed by atoms with Crippen LogP contribution in [-0.2, 0) is 14.3 Å². The van der Waals surface area contributed by atoms with Crippen LogP contribution in [-0.4, -0.2) is 46.9 Å². The molecule has 0 radical (unpaired) electrons. The standard InChI is InChI=1S/C57H109NO5/c1-4-7-10-13-16-19-21-23-25-27-28-29-31-33-35-38-41-44-47-50-57(62)63-53(48-45-42-39-37-34-32-30-26-24-22-20-17-14-11-8-5-2)51-56(61)58-54(52-59)55(60)49-46-43-40-36-18-15-12-9-6-3/h23,25,32,34,53-55,59-60H,4-22,24,26-31,33,35-52H2,1-3H3,(H,58,61)/b25-23+,34-32+. The van der Waals surface area contributed by atoms with E-state index in [9.17, 15) is 19.8 Å². The minimum absolute atomic E-state index is 0.0706. The number of carbonyl (C=O) groups excluding carboxylic acids is 2. The van der Waals surface area contributed by atoms with Crippen molar-refractivity contribution in [3.05, 3.63) is 24.3 Å². The molecule has 0 spiro atoms. The molecule has 0 aromatic rings. The maximum atomic E-state index is 13.2. The number of allylic oxidation sites excluding steroid dienone is 4. The van der Waals surface area contributed by atoms with Gasteiger partial charge >= 0.3 is 5.97 Å². The van der Waals surface area contributed by atoms with E-state index < -0.39 is 18.2 Å². The van der Waals surface area contributed by atoms with Gasteiger partial charge in [0.05, 0.1) is 25.2 Å². The number of hydrogen-bond donors (Lipinski definition) is 3. The Hall–Kier alpha value is -1.66. The zero-order valence-corrected chi connectivity index (χ0v) is 42.5. The number of aliphatic hydroxyl groups excluding tert-OH is 2. The number of hydrogen-bond acceptors (Lipinski definition) is 5. The highest BCUT2D eigenvalue weighted by Crippen LogP contribution is 2.18. The minimum Gasteiger partial charge on any atom is -0.462 e. The molecule has 0 saturated carbocycles. The summed E-state index contributed by atoms with van der Waals surface area (Å²) in [6.45, 7) is 6.48. The Balaban J connectivity index is 4.51. The summed E-state index contributed by atoms with van der Waals surface area (Å²) < 4.78 is 5.95. The van der Waals surface area contributed by atoms with Gasteiger partial charge in [-0.25, -0.2) is 0 Å². The molecule has 0 aliphatic rings. The van der Waals surface area contributed by atoms with Crippen molar-refractivity contribution in [2.24, 2.45) is 0 Å². The monoisotopic (exact) mass is 888 g/mol. The summed E-state index contributed by atoms with van der Waals surface area (Å²) in [7, 11) is 0. The number of esters is 1. The van der Waals surface area contributed by atoms with Crippen LogP contribution in [0.3, 0.4) is 0 Å². The summed E-state index contributed by atoms with van der Waals surface area (Å²) in [5.41, 5.74) is 0. The van der Waals surface area contributed by atoms with Crippen molar-refractivity contribution in [2.45, 2.75) is 322 Å². The first-order valence-corrected chi connectivity index (χ1v) is 28.1. The van der Waals surface area contributed by atoms with Crippen molar-refractivity contribution in [3.63, 3.8) is 0 Å². The van der Waals surface area contributed by atoms with Gasteiger partial charge in [-0.2, -0.15) is 0 Å². The van der Waals surface area contributed by atoms with Crippen LogP contribution in [0, 0.1) is 0 Å². The molecule has 63 heavy (non-hydrogen) atoms. The summed E-state index contributed by atoms with van der Waals surface area (Å²) in [5, 5.41) is 23.7. The van der Waals surface area contributed by atoms with Crippen LogP contribution in [0.4, 0.5) is 0 Å². The van der Waals surface area contributed by atoms with E-state index in [-0.39, 0.29) is 24.9 Å². The predicted molar refractivity (Wildman–Crippen MR) is 273 cm³/mol. The SMILES string of the molecule is CCCCCCCC/C=C/CCCCCCCCCCCC(=O)OC(CCCCC/C=C/CCCCCCCCCCC)CC(=O)NC(CO)C(O)CCCCCCCCCCC. The van der Waals surface area contributed by atoms with Crippen molar-refractivity contribution in [1.82, 2.24) is 5.32 Å². The van der Waals surface area contributed by atoms with E-state index in [4.69, 9.17) is 4.74 Å². The lowest BCUT2D eigenvalue weighted by molar-refractivity contribution is -0.151. The second kappa shape index (κ2) is 51.3. The average molecular weight is 889 g/mol. The third kappa shape index (κ3) is 46.7. The molecule has 6 nitrogen and oxygen atoms in total. The Labute approximate surface area is 392 Å². The number of unbranched alkanes of at least 4 members (excludes halogenated alkanes) is 35. The largest absolute Gasteiger partial charge is 0.462 e. The number of aliphatic hydroxyl groups is 2. The second-order valence-corrected chi connectivity index (χ2v) is 19.3. The van der Waals surface area contributed by atoms with Gasteiger partial charge in [-0.3, -0.25) is 9.59 Å². The van der Waals surface area contributed by atoms with Gasteiger partial charge in [0.25, 0.3) is 0 Å². The molecule has 0 aliphatic heterocycles. The van der Waals surface area contributed by atoms with Gasteiger partial charge in [-0.1, -0.05) is 238 Å². The molecule has 0 fully saturated rings. The molecule has 3 atom stereocenters. The molecular weight excluding hydrogens is 779 g/mol. The molecule has 3 N–H and O–H groups in total. The van der Waals surface area contributed by atoms with Crippen LogP contribution >= 0.6 is 0 Å². The van der Waals surface area contributed by atoms with Gasteiger partial charge < -0.3 is 20.3 Å². The maximum Gasteiger partial charge on any atom is 0.306 e. The zero-order chi connectivity index (χ0) is 45.9. The molecule has 372 valence electrons. The number of rotatable bonds is 51. The quantitative estimate of drug-likeness (QED) is 0.0321. The summed E-state index contributed by atoms with van der Waals surface area (Å²) in [6, 6.07) is -0.702. The highest BCUT2D eigenvalue weighted by atomic mass is 16.5. The molecule has 0 saturated heterocycles. The van der Waals surface area contributed by atoms with Crippen molar-refractivity contribution >= 4 is 11.9 Å². The molecule has 6 heteroatoms. The molecule has 0 aliphatic carbocycles. The summed E-state index contributed by atoms with van der Waals surface area (Å²) >= 11 is 0. The first-order valence-electron chi connectivity index (χ1n) is 28.1. The number of nitrogens with one attached hydrogen (secondary N) is 1. The Kier molecular flexibility index (Phi) is 50.0. The molecule has 3 unspecified atom stereocenters. The summed E-state index contributed by atoms with van der Waals surface area (Å²) in [4.78, 5) is 26.2. The highest BCUT2D eigenvalue weighted by Gasteiger charge is 2.24. The Morgan fingerprint density at radius 1 is 0.444 bits per heavy atom. The van der Waals surface area contributed by atoms with Crippen LogP contribution in [0.25, 0.3) is 0 Å². The van der Waals surface area contributed by atoms with E-state index in [1.165, 1.54) is 193 Å². The number of carbonyl (C=O) groups is 2. The molecule has 0 heterocycles. The van der Waals surface area contributed by atoms with Gasteiger partial charge in [-0.05, 0) is 77.0 Å². The van der Waals surface area contributed by atoms with Crippen molar-refractivity contribution in [3.8, 4) is 0 Å². The smallest absolute Gasteiger partial charge is 0.306 e.